The summed E-state index contributed by atoms with van der Waals surface area (Å²) >= 11 is 0. The smallest absolute Gasteiger partial charge is 0.219 e. The molecular weight excluding hydrogens is 271 g/mol. The van der Waals surface area contributed by atoms with Crippen LogP contribution in [0.15, 0.2) is 36.5 Å². The highest BCUT2D eigenvalue weighted by atomic mass is 19.1. The van der Waals surface area contributed by atoms with E-state index in [0.29, 0.717) is 24.8 Å². The number of ether oxygens (including phenoxy) is 2. The molecule has 1 heterocycles. The van der Waals surface area contributed by atoms with E-state index in [-0.39, 0.29) is 5.82 Å². The predicted molar refractivity (Wildman–Crippen MR) is 78.9 cm³/mol. The second-order valence-electron chi connectivity index (χ2n) is 4.49. The van der Waals surface area contributed by atoms with E-state index in [1.807, 2.05) is 19.1 Å². The van der Waals surface area contributed by atoms with Gasteiger partial charge in [0.1, 0.15) is 18.2 Å². The van der Waals surface area contributed by atoms with Crippen LogP contribution >= 0.6 is 0 Å². The van der Waals surface area contributed by atoms with Crippen molar-refractivity contribution in [3.05, 3.63) is 53.5 Å². The fraction of sp³-hybridized carbons (Fsp3) is 0.312. The molecule has 0 unspecified atom stereocenters. The van der Waals surface area contributed by atoms with E-state index in [9.17, 15) is 4.39 Å². The number of halogens is 1. The van der Waals surface area contributed by atoms with Gasteiger partial charge in [-0.15, -0.1) is 0 Å². The lowest BCUT2D eigenvalue weighted by Crippen LogP contribution is -2.13. The van der Waals surface area contributed by atoms with Crippen LogP contribution in [0, 0.1) is 5.82 Å². The van der Waals surface area contributed by atoms with Crippen LogP contribution in [0.3, 0.4) is 0 Å². The minimum atomic E-state index is -0.269. The predicted octanol–water partition coefficient (Wildman–Crippen LogP) is 2.92. The Bertz CT molecular complexity index is 590. The van der Waals surface area contributed by atoms with Crippen LogP contribution in [-0.2, 0) is 13.2 Å². The van der Waals surface area contributed by atoms with Crippen molar-refractivity contribution < 1.29 is 13.9 Å². The third kappa shape index (κ3) is 4.16. The van der Waals surface area contributed by atoms with E-state index >= 15 is 0 Å². The number of hydrogen-bond acceptors (Lipinski definition) is 4. The van der Waals surface area contributed by atoms with Gasteiger partial charge >= 0.3 is 0 Å². The monoisotopic (exact) mass is 290 g/mol. The highest BCUT2D eigenvalue weighted by Crippen LogP contribution is 2.22. The second kappa shape index (κ2) is 7.59. The summed E-state index contributed by atoms with van der Waals surface area (Å²) in [5.41, 5.74) is 1.64. The molecule has 0 saturated carbocycles. The molecule has 1 N–H and O–H groups in total. The van der Waals surface area contributed by atoms with Crippen molar-refractivity contribution in [1.29, 1.82) is 0 Å². The van der Waals surface area contributed by atoms with Crippen molar-refractivity contribution in [2.75, 3.05) is 13.7 Å². The minimum absolute atomic E-state index is 0.269. The van der Waals surface area contributed by atoms with Crippen LogP contribution in [0.1, 0.15) is 18.1 Å². The SMILES string of the molecule is CCNCc1cc(F)ccc1OCc1cccnc1OC. The highest BCUT2D eigenvalue weighted by molar-refractivity contribution is 5.34. The summed E-state index contributed by atoms with van der Waals surface area (Å²) < 4.78 is 24.3. The highest BCUT2D eigenvalue weighted by Gasteiger charge is 2.08. The average molecular weight is 290 g/mol. The van der Waals surface area contributed by atoms with Gasteiger partial charge in [-0.1, -0.05) is 6.92 Å². The van der Waals surface area contributed by atoms with Gasteiger partial charge in [0.15, 0.2) is 0 Å². The number of aromatic nitrogens is 1. The first-order valence-electron chi connectivity index (χ1n) is 6.84. The zero-order valence-electron chi connectivity index (χ0n) is 12.2. The minimum Gasteiger partial charge on any atom is -0.488 e. The number of pyridine rings is 1. The maximum absolute atomic E-state index is 13.3. The quantitative estimate of drug-likeness (QED) is 0.851. The maximum atomic E-state index is 13.3. The topological polar surface area (TPSA) is 43.4 Å². The molecule has 0 saturated heterocycles. The Morgan fingerprint density at radius 2 is 2.10 bits per heavy atom. The molecule has 0 aliphatic carbocycles. The van der Waals surface area contributed by atoms with Crippen molar-refractivity contribution >= 4 is 0 Å². The van der Waals surface area contributed by atoms with Gasteiger partial charge in [0.25, 0.3) is 0 Å². The molecule has 0 spiro atoms. The van der Waals surface area contributed by atoms with Crippen molar-refractivity contribution in [3.8, 4) is 11.6 Å². The molecule has 1 aromatic heterocycles. The molecular formula is C16H19FN2O2. The summed E-state index contributed by atoms with van der Waals surface area (Å²) in [6, 6.07) is 8.24. The van der Waals surface area contributed by atoms with Crippen LogP contribution < -0.4 is 14.8 Å². The normalized spacial score (nSPS) is 10.4. The molecule has 4 nitrogen and oxygen atoms in total. The third-order valence-electron chi connectivity index (χ3n) is 3.01. The van der Waals surface area contributed by atoms with Gasteiger partial charge in [-0.25, -0.2) is 9.37 Å². The summed E-state index contributed by atoms with van der Waals surface area (Å²) in [5.74, 6) is 0.922. The molecule has 5 heteroatoms. The summed E-state index contributed by atoms with van der Waals surface area (Å²) in [6.07, 6.45) is 1.66. The van der Waals surface area contributed by atoms with Gasteiger partial charge in [0.05, 0.1) is 12.7 Å². The summed E-state index contributed by atoms with van der Waals surface area (Å²) in [5, 5.41) is 3.17. The van der Waals surface area contributed by atoms with Gasteiger partial charge < -0.3 is 14.8 Å². The Morgan fingerprint density at radius 3 is 2.86 bits per heavy atom. The van der Waals surface area contributed by atoms with E-state index in [1.54, 1.807) is 19.4 Å². The molecule has 0 aliphatic heterocycles. The molecule has 21 heavy (non-hydrogen) atoms. The summed E-state index contributed by atoms with van der Waals surface area (Å²) in [7, 11) is 1.57. The molecule has 0 bridgehead atoms. The fourth-order valence-electron chi connectivity index (χ4n) is 1.96. The zero-order chi connectivity index (χ0) is 15.1. The Balaban J connectivity index is 2.12. The van der Waals surface area contributed by atoms with Gasteiger partial charge in [0.2, 0.25) is 5.88 Å². The molecule has 1 aromatic carbocycles. The Hall–Kier alpha value is -2.14. The molecule has 0 radical (unpaired) electrons. The van der Waals surface area contributed by atoms with E-state index in [1.165, 1.54) is 12.1 Å². The first-order valence-corrected chi connectivity index (χ1v) is 6.84. The molecule has 0 atom stereocenters. The average Bonchev–Trinajstić information content (AvgIpc) is 2.52. The van der Waals surface area contributed by atoms with E-state index in [2.05, 4.69) is 10.3 Å². The molecule has 2 aromatic rings. The van der Waals surface area contributed by atoms with Crippen molar-refractivity contribution in [3.63, 3.8) is 0 Å². The molecule has 0 aliphatic rings. The lowest BCUT2D eigenvalue weighted by molar-refractivity contribution is 0.290. The number of nitrogens with one attached hydrogen (secondary N) is 1. The number of rotatable bonds is 7. The number of nitrogens with zero attached hydrogens (tertiary/aromatic N) is 1. The Morgan fingerprint density at radius 1 is 1.24 bits per heavy atom. The van der Waals surface area contributed by atoms with Crippen LogP contribution in [0.2, 0.25) is 0 Å². The Labute approximate surface area is 123 Å². The number of benzene rings is 1. The Kier molecular flexibility index (Phi) is 5.51. The van der Waals surface area contributed by atoms with Gasteiger partial charge in [0, 0.05) is 18.3 Å². The third-order valence-corrected chi connectivity index (χ3v) is 3.01. The molecule has 2 rings (SSSR count). The van der Waals surface area contributed by atoms with Crippen LogP contribution in [0.25, 0.3) is 0 Å². The zero-order valence-corrected chi connectivity index (χ0v) is 12.2. The summed E-state index contributed by atoms with van der Waals surface area (Å²) in [4.78, 5) is 4.12. The van der Waals surface area contributed by atoms with Crippen LogP contribution in [-0.4, -0.2) is 18.6 Å². The molecule has 112 valence electrons. The second-order valence-corrected chi connectivity index (χ2v) is 4.49. The van der Waals surface area contributed by atoms with Crippen molar-refractivity contribution in [2.45, 2.75) is 20.1 Å². The van der Waals surface area contributed by atoms with E-state index in [4.69, 9.17) is 9.47 Å². The largest absolute Gasteiger partial charge is 0.488 e. The number of methoxy groups -OCH3 is 1. The van der Waals surface area contributed by atoms with Gasteiger partial charge in [-0.2, -0.15) is 0 Å². The van der Waals surface area contributed by atoms with Crippen LogP contribution in [0.4, 0.5) is 4.39 Å². The van der Waals surface area contributed by atoms with Crippen LogP contribution in [0.5, 0.6) is 11.6 Å². The lowest BCUT2D eigenvalue weighted by Gasteiger charge is -2.13. The first-order chi connectivity index (χ1) is 10.2. The molecule has 0 fully saturated rings. The van der Waals surface area contributed by atoms with Gasteiger partial charge in [-0.3, -0.25) is 0 Å². The number of hydrogen-bond donors (Lipinski definition) is 1. The summed E-state index contributed by atoms with van der Waals surface area (Å²) in [6.45, 7) is 3.70. The maximum Gasteiger partial charge on any atom is 0.219 e. The molecule has 0 amide bonds. The van der Waals surface area contributed by atoms with Gasteiger partial charge in [-0.05, 0) is 36.9 Å². The standard InChI is InChI=1S/C16H19FN2O2/c1-3-18-10-13-9-14(17)6-7-15(13)21-11-12-5-4-8-19-16(12)20-2/h4-9,18H,3,10-11H2,1-2H3. The van der Waals surface area contributed by atoms with Crippen molar-refractivity contribution in [2.24, 2.45) is 0 Å². The van der Waals surface area contributed by atoms with Crippen molar-refractivity contribution in [1.82, 2.24) is 10.3 Å². The lowest BCUT2D eigenvalue weighted by atomic mass is 10.2. The van der Waals surface area contributed by atoms with E-state index < -0.39 is 0 Å². The van der Waals surface area contributed by atoms with E-state index in [0.717, 1.165) is 17.7 Å². The first kappa shape index (κ1) is 15.3. The fourth-order valence-corrected chi connectivity index (χ4v) is 1.96.